The summed E-state index contributed by atoms with van der Waals surface area (Å²) in [4.78, 5) is 44.4. The Bertz CT molecular complexity index is 1650. The molecule has 3 aromatic heterocycles. The van der Waals surface area contributed by atoms with Crippen molar-refractivity contribution in [2.45, 2.75) is 52.2 Å². The fourth-order valence-corrected chi connectivity index (χ4v) is 6.42. The molecule has 42 heavy (non-hydrogen) atoms. The van der Waals surface area contributed by atoms with Crippen molar-refractivity contribution >= 4 is 29.0 Å². The third-order valence-corrected chi connectivity index (χ3v) is 8.60. The molecule has 3 aromatic rings. The van der Waals surface area contributed by atoms with Crippen molar-refractivity contribution < 1.29 is 9.90 Å². The molecule has 0 aromatic carbocycles. The average molecular weight is 571 g/mol. The Kier molecular flexibility index (Phi) is 7.78. The van der Waals surface area contributed by atoms with Crippen molar-refractivity contribution in [2.24, 2.45) is 22.8 Å². The highest BCUT2D eigenvalue weighted by molar-refractivity contribution is 6.06. The van der Waals surface area contributed by atoms with Crippen LogP contribution in [0.2, 0.25) is 0 Å². The smallest absolute Gasteiger partial charge is 0.276 e. The molecule has 11 nitrogen and oxygen atoms in total. The molecule has 0 saturated heterocycles. The fourth-order valence-electron chi connectivity index (χ4n) is 6.42. The second-order valence-corrected chi connectivity index (χ2v) is 11.3. The van der Waals surface area contributed by atoms with E-state index in [-0.39, 0.29) is 23.8 Å². The maximum absolute atomic E-state index is 13.7. The highest BCUT2D eigenvalue weighted by atomic mass is 16.3. The van der Waals surface area contributed by atoms with Gasteiger partial charge in [0.15, 0.2) is 0 Å². The van der Waals surface area contributed by atoms with Gasteiger partial charge in [-0.2, -0.15) is 0 Å². The summed E-state index contributed by atoms with van der Waals surface area (Å²) in [5.41, 5.74) is 12.3. The molecule has 0 fully saturated rings. The molecule has 0 unspecified atom stereocenters. The van der Waals surface area contributed by atoms with E-state index in [4.69, 9.17) is 5.73 Å². The Morgan fingerprint density at radius 1 is 1.14 bits per heavy atom. The number of carbonyl (C=O) groups is 1. The van der Waals surface area contributed by atoms with Crippen molar-refractivity contribution in [2.75, 3.05) is 37.6 Å². The van der Waals surface area contributed by atoms with Crippen molar-refractivity contribution in [3.8, 4) is 11.1 Å². The van der Waals surface area contributed by atoms with Gasteiger partial charge in [0, 0.05) is 74.6 Å². The number of aryl methyl sites for hydroxylation is 2. The van der Waals surface area contributed by atoms with Gasteiger partial charge in [0.25, 0.3) is 11.5 Å². The number of carbonyl (C=O) groups excluding carboxylic acids is 1. The molecule has 5 heterocycles. The first-order chi connectivity index (χ1) is 20.4. The summed E-state index contributed by atoms with van der Waals surface area (Å²) in [6, 6.07) is 5.51. The number of aliphatic hydroxyl groups excluding tert-OH is 1. The van der Waals surface area contributed by atoms with Crippen LogP contribution in [0.4, 0.5) is 11.5 Å². The van der Waals surface area contributed by atoms with Crippen molar-refractivity contribution in [3.63, 3.8) is 0 Å². The van der Waals surface area contributed by atoms with Crippen LogP contribution in [0.25, 0.3) is 11.1 Å². The summed E-state index contributed by atoms with van der Waals surface area (Å²) >= 11 is 0. The van der Waals surface area contributed by atoms with Crippen LogP contribution >= 0.6 is 0 Å². The Balaban J connectivity index is 1.33. The number of nitrogens with zero attached hydrogens (tertiary/aromatic N) is 7. The standard InChI is InChI=1S/C31H38N8O3/c1-3-37-11-10-33-22(18-37)16-28(32)35-25-14-21(17-36(2)30(25)41)23-8-9-34-29(24(23)19-40)39-13-12-38-26-7-5-4-6-20(26)15-27(38)31(39)42/h8-9,14-15,17,40H,3-7,10-13,16,18-19H2,1-2H3,(H2,32,35). The normalized spacial score (nSPS) is 17.7. The van der Waals surface area contributed by atoms with Crippen molar-refractivity contribution in [3.05, 3.63) is 63.5 Å². The van der Waals surface area contributed by atoms with Gasteiger partial charge in [-0.25, -0.2) is 9.98 Å². The summed E-state index contributed by atoms with van der Waals surface area (Å²) in [5, 5.41) is 10.6. The van der Waals surface area contributed by atoms with Crippen LogP contribution in [0, 0.1) is 0 Å². The first-order valence-electron chi connectivity index (χ1n) is 14.8. The Hall–Kier alpha value is -4.09. The maximum Gasteiger partial charge on any atom is 0.276 e. The zero-order valence-corrected chi connectivity index (χ0v) is 24.3. The van der Waals surface area contributed by atoms with E-state index in [9.17, 15) is 14.7 Å². The second kappa shape index (κ2) is 11.7. The number of pyridine rings is 2. The SMILES string of the molecule is CCN1CCN=C(CC(N)=Nc2cc(-c3ccnc(N4CCn5c(cc6c5CCCC6)C4=O)c3CO)cn(C)c2=O)C1. The predicted octanol–water partition coefficient (Wildman–Crippen LogP) is 2.44. The number of amidine groups is 1. The van der Waals surface area contributed by atoms with Gasteiger partial charge < -0.3 is 20.0 Å². The highest BCUT2D eigenvalue weighted by Crippen LogP contribution is 2.34. The molecule has 1 amide bonds. The number of rotatable bonds is 7. The van der Waals surface area contributed by atoms with Crippen molar-refractivity contribution in [1.29, 1.82) is 0 Å². The number of hydrogen-bond donors (Lipinski definition) is 2. The minimum Gasteiger partial charge on any atom is -0.392 e. The minimum absolute atomic E-state index is 0.110. The molecule has 3 aliphatic rings. The number of anilines is 1. The van der Waals surface area contributed by atoms with Gasteiger partial charge in [-0.15, -0.1) is 0 Å². The lowest BCUT2D eigenvalue weighted by molar-refractivity contribution is 0.0963. The highest BCUT2D eigenvalue weighted by Gasteiger charge is 2.32. The van der Waals surface area contributed by atoms with Gasteiger partial charge in [0.05, 0.1) is 13.2 Å². The van der Waals surface area contributed by atoms with Crippen LogP contribution in [0.1, 0.15) is 53.5 Å². The summed E-state index contributed by atoms with van der Waals surface area (Å²) < 4.78 is 3.62. The van der Waals surface area contributed by atoms with E-state index in [0.717, 1.165) is 57.6 Å². The van der Waals surface area contributed by atoms with Gasteiger partial charge in [0.2, 0.25) is 0 Å². The number of hydrogen-bond acceptors (Lipinski definition) is 7. The first-order valence-corrected chi connectivity index (χ1v) is 14.8. The Labute approximate surface area is 245 Å². The fraction of sp³-hybridized carbons (Fsp3) is 0.452. The van der Waals surface area contributed by atoms with Crippen LogP contribution in [0.15, 0.2) is 45.4 Å². The lowest BCUT2D eigenvalue weighted by Gasteiger charge is -2.30. The van der Waals surface area contributed by atoms with Crippen LogP contribution in [0.5, 0.6) is 0 Å². The van der Waals surface area contributed by atoms with E-state index in [0.29, 0.717) is 53.5 Å². The number of aliphatic imine (C=N–C) groups is 2. The van der Waals surface area contributed by atoms with Gasteiger partial charge in [-0.3, -0.25) is 24.4 Å². The lowest BCUT2D eigenvalue weighted by Crippen LogP contribution is -2.41. The van der Waals surface area contributed by atoms with Crippen LogP contribution in [-0.4, -0.2) is 74.3 Å². The lowest BCUT2D eigenvalue weighted by atomic mass is 9.98. The van der Waals surface area contributed by atoms with Crippen LogP contribution < -0.4 is 16.2 Å². The van der Waals surface area contributed by atoms with Crippen molar-refractivity contribution in [1.82, 2.24) is 19.0 Å². The minimum atomic E-state index is -0.322. The third kappa shape index (κ3) is 5.18. The van der Waals surface area contributed by atoms with Gasteiger partial charge in [-0.05, 0) is 61.6 Å². The molecule has 0 bridgehead atoms. The van der Waals surface area contributed by atoms with E-state index in [1.807, 2.05) is 6.07 Å². The monoisotopic (exact) mass is 570 g/mol. The molecule has 0 radical (unpaired) electrons. The van der Waals surface area contributed by atoms with Gasteiger partial charge in [0.1, 0.15) is 23.0 Å². The van der Waals surface area contributed by atoms with E-state index < -0.39 is 0 Å². The molecule has 0 atom stereocenters. The van der Waals surface area contributed by atoms with E-state index in [1.54, 1.807) is 36.5 Å². The topological polar surface area (TPSA) is 134 Å². The molecule has 1 aliphatic carbocycles. The first kappa shape index (κ1) is 28.0. The number of aliphatic hydroxyl groups is 1. The number of aromatic nitrogens is 3. The summed E-state index contributed by atoms with van der Waals surface area (Å²) in [6.45, 7) is 6.30. The maximum atomic E-state index is 13.7. The molecule has 0 saturated carbocycles. The number of amides is 1. The molecular formula is C31H38N8O3. The zero-order valence-electron chi connectivity index (χ0n) is 24.3. The average Bonchev–Trinajstić information content (AvgIpc) is 3.39. The van der Waals surface area contributed by atoms with E-state index in [1.165, 1.54) is 15.8 Å². The van der Waals surface area contributed by atoms with Crippen LogP contribution in [0.3, 0.4) is 0 Å². The van der Waals surface area contributed by atoms with E-state index >= 15 is 0 Å². The number of fused-ring (bicyclic) bond motifs is 3. The van der Waals surface area contributed by atoms with Crippen LogP contribution in [-0.2, 0) is 33.0 Å². The third-order valence-electron chi connectivity index (χ3n) is 8.60. The molecule has 2 aliphatic heterocycles. The number of likely N-dealkylation sites (N-methyl/N-ethyl adjacent to an activating group) is 1. The summed E-state index contributed by atoms with van der Waals surface area (Å²) in [6.07, 6.45) is 8.05. The molecule has 11 heteroatoms. The summed E-state index contributed by atoms with van der Waals surface area (Å²) in [7, 11) is 1.66. The van der Waals surface area contributed by atoms with E-state index in [2.05, 4.69) is 31.4 Å². The zero-order chi connectivity index (χ0) is 29.4. The molecular weight excluding hydrogens is 532 g/mol. The molecule has 3 N–H and O–H groups in total. The predicted molar refractivity (Wildman–Crippen MR) is 164 cm³/mol. The molecule has 6 rings (SSSR count). The number of nitrogens with two attached hydrogens (primary N) is 1. The Morgan fingerprint density at radius 3 is 2.79 bits per heavy atom. The molecule has 220 valence electrons. The van der Waals surface area contributed by atoms with Gasteiger partial charge in [-0.1, -0.05) is 6.92 Å². The summed E-state index contributed by atoms with van der Waals surface area (Å²) in [5.74, 6) is 0.642. The van der Waals surface area contributed by atoms with Gasteiger partial charge >= 0.3 is 0 Å². The molecule has 0 spiro atoms. The Morgan fingerprint density at radius 2 is 1.98 bits per heavy atom. The largest absolute Gasteiger partial charge is 0.392 e. The second-order valence-electron chi connectivity index (χ2n) is 11.3. The quantitative estimate of drug-likeness (QED) is 0.331.